The Morgan fingerprint density at radius 3 is 2.38 bits per heavy atom. The van der Waals surface area contributed by atoms with Gasteiger partial charge in [-0.15, -0.1) is 0 Å². The Morgan fingerprint density at radius 1 is 1.00 bits per heavy atom. The first-order chi connectivity index (χ1) is 14.2. The lowest BCUT2D eigenvalue weighted by molar-refractivity contribution is 0.376. The maximum Gasteiger partial charge on any atom is 0.0255 e. The van der Waals surface area contributed by atoms with Crippen LogP contribution in [0.15, 0.2) is 72.8 Å². The first-order valence-electron chi connectivity index (χ1n) is 11.5. The summed E-state index contributed by atoms with van der Waals surface area (Å²) in [5.41, 5.74) is 13.8. The highest BCUT2D eigenvalue weighted by atomic mass is 14.7. The number of fused-ring (bicyclic) bond motifs is 1. The van der Waals surface area contributed by atoms with Crippen molar-refractivity contribution in [1.82, 2.24) is 0 Å². The Labute approximate surface area is 176 Å². The molecule has 0 aromatic heterocycles. The number of hydrogen-bond acceptors (Lipinski definition) is 1. The molecule has 4 rings (SSSR count). The summed E-state index contributed by atoms with van der Waals surface area (Å²) in [7, 11) is 0. The highest BCUT2D eigenvalue weighted by Gasteiger charge is 2.55. The lowest BCUT2D eigenvalue weighted by Crippen LogP contribution is -2.33. The highest BCUT2D eigenvalue weighted by Crippen LogP contribution is 2.65. The maximum atomic E-state index is 6.73. The fourth-order valence-corrected chi connectivity index (χ4v) is 5.95. The van der Waals surface area contributed by atoms with E-state index in [0.717, 1.165) is 19.3 Å². The van der Waals surface area contributed by atoms with E-state index < -0.39 is 0 Å². The molecule has 0 bridgehead atoms. The molecule has 2 aliphatic rings. The Kier molecular flexibility index (Phi) is 6.06. The normalized spacial score (nSPS) is 26.0. The van der Waals surface area contributed by atoms with Crippen molar-refractivity contribution in [2.24, 2.45) is 17.1 Å². The maximum absolute atomic E-state index is 6.73. The molecule has 1 nitrogen and oxygen atoms in total. The van der Waals surface area contributed by atoms with E-state index in [1.54, 1.807) is 11.1 Å². The number of hydrogen-bond donors (Lipinski definition) is 1. The van der Waals surface area contributed by atoms with Gasteiger partial charge in [0, 0.05) is 11.5 Å². The van der Waals surface area contributed by atoms with E-state index in [4.69, 9.17) is 12.3 Å². The first-order valence-corrected chi connectivity index (χ1v) is 11.5. The molecule has 2 N–H and O–H groups in total. The first kappa shape index (κ1) is 20.2. The van der Waals surface area contributed by atoms with Gasteiger partial charge in [-0.2, -0.15) is 0 Å². The van der Waals surface area contributed by atoms with Crippen molar-refractivity contribution in [3.8, 4) is 0 Å². The number of rotatable bonds is 8. The monoisotopic (exact) mass is 385 g/mol. The van der Waals surface area contributed by atoms with Crippen molar-refractivity contribution in [3.63, 3.8) is 0 Å². The van der Waals surface area contributed by atoms with Crippen LogP contribution in [-0.4, -0.2) is 6.04 Å². The topological polar surface area (TPSA) is 26.0 Å². The second-order valence-electron chi connectivity index (χ2n) is 8.98. The molecule has 0 spiro atoms. The van der Waals surface area contributed by atoms with Crippen molar-refractivity contribution in [2.75, 3.05) is 0 Å². The van der Waals surface area contributed by atoms with Gasteiger partial charge in [0.2, 0.25) is 0 Å². The van der Waals surface area contributed by atoms with Gasteiger partial charge in [-0.05, 0) is 60.3 Å². The zero-order valence-electron chi connectivity index (χ0n) is 17.9. The molecule has 2 aromatic rings. The summed E-state index contributed by atoms with van der Waals surface area (Å²) in [6, 6.07) is 22.1. The summed E-state index contributed by atoms with van der Waals surface area (Å²) < 4.78 is 0. The standard InChI is InChI=1S/C28H35N/c1-3-4-5-8-17-24-20-25-26(29)18-19-28(25,21(2)22-13-9-6-10-14-22)27(24)23-15-11-7-12-16-23/h6-7,9-16,25-26H,2-5,8,17-20,29H2,1H3. The Bertz CT molecular complexity index is 864. The predicted molar refractivity (Wildman–Crippen MR) is 125 cm³/mol. The Balaban J connectivity index is 1.80. The average Bonchev–Trinajstić information content (AvgIpc) is 3.27. The van der Waals surface area contributed by atoms with Crippen molar-refractivity contribution >= 4 is 11.1 Å². The van der Waals surface area contributed by atoms with Crippen LogP contribution in [-0.2, 0) is 0 Å². The molecule has 2 aromatic carbocycles. The zero-order valence-corrected chi connectivity index (χ0v) is 17.9. The summed E-state index contributed by atoms with van der Waals surface area (Å²) in [6.45, 7) is 6.99. The highest BCUT2D eigenvalue weighted by molar-refractivity contribution is 5.90. The smallest absolute Gasteiger partial charge is 0.0255 e. The van der Waals surface area contributed by atoms with E-state index in [9.17, 15) is 0 Å². The molecule has 29 heavy (non-hydrogen) atoms. The molecule has 0 aliphatic heterocycles. The van der Waals surface area contributed by atoms with Gasteiger partial charge in [-0.3, -0.25) is 0 Å². The van der Waals surface area contributed by atoms with Crippen molar-refractivity contribution in [1.29, 1.82) is 0 Å². The van der Waals surface area contributed by atoms with Crippen LogP contribution in [0.2, 0.25) is 0 Å². The van der Waals surface area contributed by atoms with Gasteiger partial charge >= 0.3 is 0 Å². The lowest BCUT2D eigenvalue weighted by Gasteiger charge is -2.37. The summed E-state index contributed by atoms with van der Waals surface area (Å²) in [5, 5.41) is 0. The molecule has 1 fully saturated rings. The van der Waals surface area contributed by atoms with Crippen molar-refractivity contribution < 1.29 is 0 Å². The lowest BCUT2D eigenvalue weighted by atomic mass is 9.66. The third kappa shape index (κ3) is 3.62. The van der Waals surface area contributed by atoms with E-state index in [2.05, 4.69) is 67.6 Å². The van der Waals surface area contributed by atoms with Crippen LogP contribution in [0.4, 0.5) is 0 Å². The molecule has 2 aliphatic carbocycles. The fourth-order valence-electron chi connectivity index (χ4n) is 5.95. The van der Waals surface area contributed by atoms with Gasteiger partial charge in [0.1, 0.15) is 0 Å². The van der Waals surface area contributed by atoms with Crippen LogP contribution in [0, 0.1) is 11.3 Å². The molecule has 0 saturated heterocycles. The molecule has 3 atom stereocenters. The summed E-state index contributed by atoms with van der Waals surface area (Å²) >= 11 is 0. The van der Waals surface area contributed by atoms with E-state index in [-0.39, 0.29) is 11.5 Å². The van der Waals surface area contributed by atoms with Crippen molar-refractivity contribution in [3.05, 3.63) is 83.9 Å². The van der Waals surface area contributed by atoms with Crippen LogP contribution in [0.25, 0.3) is 11.1 Å². The fraction of sp³-hybridized carbons (Fsp3) is 0.429. The average molecular weight is 386 g/mol. The minimum atomic E-state index is -0.0117. The van der Waals surface area contributed by atoms with Crippen LogP contribution < -0.4 is 5.73 Å². The molecule has 0 radical (unpaired) electrons. The van der Waals surface area contributed by atoms with Gasteiger partial charge in [0.15, 0.2) is 0 Å². The number of unbranched alkanes of at least 4 members (excludes halogenated alkanes) is 3. The van der Waals surface area contributed by atoms with E-state index in [1.165, 1.54) is 48.8 Å². The third-order valence-electron chi connectivity index (χ3n) is 7.34. The second-order valence-corrected chi connectivity index (χ2v) is 8.98. The Morgan fingerprint density at radius 2 is 1.69 bits per heavy atom. The SMILES string of the molecule is C=C(c1ccccc1)C12CCC(N)C1CC(CCCCCC)=C2c1ccccc1. The number of nitrogens with two attached hydrogens (primary N) is 1. The van der Waals surface area contributed by atoms with Crippen LogP contribution in [0.5, 0.6) is 0 Å². The van der Waals surface area contributed by atoms with E-state index >= 15 is 0 Å². The van der Waals surface area contributed by atoms with Crippen LogP contribution in [0.1, 0.15) is 69.4 Å². The van der Waals surface area contributed by atoms with Crippen molar-refractivity contribution in [2.45, 2.75) is 64.3 Å². The summed E-state index contributed by atoms with van der Waals surface area (Å²) in [6.07, 6.45) is 9.79. The molecular formula is C28H35N. The summed E-state index contributed by atoms with van der Waals surface area (Å²) in [4.78, 5) is 0. The summed E-state index contributed by atoms with van der Waals surface area (Å²) in [5.74, 6) is 0.478. The quantitative estimate of drug-likeness (QED) is 0.476. The molecule has 3 unspecified atom stereocenters. The van der Waals surface area contributed by atoms with E-state index in [0.29, 0.717) is 5.92 Å². The molecule has 1 saturated carbocycles. The number of allylic oxidation sites excluding steroid dienone is 3. The largest absolute Gasteiger partial charge is 0.327 e. The minimum Gasteiger partial charge on any atom is -0.327 e. The van der Waals surface area contributed by atoms with Crippen LogP contribution >= 0.6 is 0 Å². The zero-order chi connectivity index (χ0) is 20.3. The third-order valence-corrected chi connectivity index (χ3v) is 7.34. The molecule has 0 amide bonds. The second kappa shape index (κ2) is 8.71. The number of benzene rings is 2. The van der Waals surface area contributed by atoms with Gasteiger partial charge in [-0.25, -0.2) is 0 Å². The minimum absolute atomic E-state index is 0.0117. The van der Waals surface area contributed by atoms with Gasteiger partial charge in [0.25, 0.3) is 0 Å². The van der Waals surface area contributed by atoms with Gasteiger partial charge in [0.05, 0.1) is 0 Å². The molecule has 0 heterocycles. The molecule has 1 heteroatoms. The van der Waals surface area contributed by atoms with Gasteiger partial charge < -0.3 is 5.73 Å². The van der Waals surface area contributed by atoms with Crippen LogP contribution in [0.3, 0.4) is 0 Å². The molecular weight excluding hydrogens is 350 g/mol. The van der Waals surface area contributed by atoms with Gasteiger partial charge in [-0.1, -0.05) is 99.0 Å². The molecule has 152 valence electrons. The van der Waals surface area contributed by atoms with E-state index in [1.807, 2.05) is 0 Å². The predicted octanol–water partition coefficient (Wildman–Crippen LogP) is 7.25. The Hall–Kier alpha value is -2.12.